The molecule has 7 nitrogen and oxygen atoms in total. The monoisotopic (exact) mass is 389 g/mol. The average molecular weight is 389 g/mol. The van der Waals surface area contributed by atoms with E-state index in [0.29, 0.717) is 44.8 Å². The van der Waals surface area contributed by atoms with E-state index in [4.69, 9.17) is 4.42 Å². The van der Waals surface area contributed by atoms with E-state index in [1.807, 2.05) is 25.7 Å². The standard InChI is InChI=1S/C21H31N3O4/c1-21(2,3)20(27)24-10-6-15(7-11-24)18(25)22-16-8-12-23(13-9-16)19(26)17-5-4-14-28-17/h4-5,14-16H,6-13H2,1-3H3,(H,22,25). The molecule has 0 saturated carbocycles. The van der Waals surface area contributed by atoms with Gasteiger partial charge in [-0.3, -0.25) is 14.4 Å². The summed E-state index contributed by atoms with van der Waals surface area (Å²) >= 11 is 0. The van der Waals surface area contributed by atoms with E-state index in [9.17, 15) is 14.4 Å². The Morgan fingerprint density at radius 1 is 1.00 bits per heavy atom. The highest BCUT2D eigenvalue weighted by atomic mass is 16.3. The van der Waals surface area contributed by atoms with E-state index in [1.54, 1.807) is 17.0 Å². The molecule has 3 heterocycles. The Balaban J connectivity index is 1.42. The Morgan fingerprint density at radius 2 is 1.61 bits per heavy atom. The Hall–Kier alpha value is -2.31. The van der Waals surface area contributed by atoms with Crippen LogP contribution in [0.5, 0.6) is 0 Å². The molecule has 3 amide bonds. The van der Waals surface area contributed by atoms with Crippen molar-refractivity contribution < 1.29 is 18.8 Å². The normalized spacial score (nSPS) is 19.5. The number of likely N-dealkylation sites (tertiary alicyclic amines) is 2. The van der Waals surface area contributed by atoms with Gasteiger partial charge in [-0.05, 0) is 37.8 Å². The highest BCUT2D eigenvalue weighted by Gasteiger charge is 2.33. The predicted octanol–water partition coefficient (Wildman–Crippen LogP) is 2.29. The first-order valence-electron chi connectivity index (χ1n) is 10.2. The molecule has 28 heavy (non-hydrogen) atoms. The third-order valence-corrected chi connectivity index (χ3v) is 5.66. The number of carbonyl (C=O) groups excluding carboxylic acids is 3. The van der Waals surface area contributed by atoms with E-state index in [1.165, 1.54) is 6.26 Å². The number of hydrogen-bond donors (Lipinski definition) is 1. The minimum absolute atomic E-state index is 0.0354. The molecule has 2 saturated heterocycles. The van der Waals surface area contributed by atoms with Gasteiger partial charge in [0.05, 0.1) is 6.26 Å². The van der Waals surface area contributed by atoms with E-state index < -0.39 is 0 Å². The number of carbonyl (C=O) groups is 3. The molecule has 2 aliphatic rings. The Bertz CT molecular complexity index is 692. The maximum absolute atomic E-state index is 12.6. The number of hydrogen-bond acceptors (Lipinski definition) is 4. The van der Waals surface area contributed by atoms with Gasteiger partial charge in [-0.25, -0.2) is 0 Å². The van der Waals surface area contributed by atoms with Crippen molar-refractivity contribution in [2.45, 2.75) is 52.5 Å². The molecular weight excluding hydrogens is 358 g/mol. The average Bonchev–Trinajstić information content (AvgIpc) is 3.21. The first-order valence-corrected chi connectivity index (χ1v) is 10.2. The maximum Gasteiger partial charge on any atom is 0.289 e. The van der Waals surface area contributed by atoms with Gasteiger partial charge >= 0.3 is 0 Å². The summed E-state index contributed by atoms with van der Waals surface area (Å²) in [5, 5.41) is 3.15. The van der Waals surface area contributed by atoms with Gasteiger partial charge in [0.25, 0.3) is 5.91 Å². The summed E-state index contributed by atoms with van der Waals surface area (Å²) in [4.78, 5) is 41.0. The van der Waals surface area contributed by atoms with Crippen molar-refractivity contribution in [2.24, 2.45) is 11.3 Å². The zero-order valence-electron chi connectivity index (χ0n) is 17.1. The Kier molecular flexibility index (Phi) is 6.10. The van der Waals surface area contributed by atoms with Gasteiger partial charge < -0.3 is 19.5 Å². The van der Waals surface area contributed by atoms with Crippen LogP contribution in [0.3, 0.4) is 0 Å². The summed E-state index contributed by atoms with van der Waals surface area (Å²) in [5.74, 6) is 0.468. The molecule has 0 atom stereocenters. The second-order valence-electron chi connectivity index (χ2n) is 8.87. The van der Waals surface area contributed by atoms with Crippen LogP contribution >= 0.6 is 0 Å². The van der Waals surface area contributed by atoms with Crippen LogP contribution in [0, 0.1) is 11.3 Å². The minimum atomic E-state index is -0.379. The summed E-state index contributed by atoms with van der Waals surface area (Å²) in [6, 6.07) is 3.48. The van der Waals surface area contributed by atoms with Crippen LogP contribution in [0.25, 0.3) is 0 Å². The fourth-order valence-electron chi connectivity index (χ4n) is 3.92. The van der Waals surface area contributed by atoms with Crippen LogP contribution in [0.2, 0.25) is 0 Å². The topological polar surface area (TPSA) is 82.9 Å². The molecule has 7 heteroatoms. The number of piperidine rings is 2. The molecule has 0 aromatic carbocycles. The SMILES string of the molecule is CC(C)(C)C(=O)N1CCC(C(=O)NC2CCN(C(=O)c3ccco3)CC2)CC1. The van der Waals surface area contributed by atoms with Crippen molar-refractivity contribution in [1.29, 1.82) is 0 Å². The lowest BCUT2D eigenvalue weighted by Gasteiger charge is -2.36. The fraction of sp³-hybridized carbons (Fsp3) is 0.667. The number of nitrogens with one attached hydrogen (secondary N) is 1. The second-order valence-corrected chi connectivity index (χ2v) is 8.87. The number of nitrogens with zero attached hydrogens (tertiary/aromatic N) is 2. The molecule has 0 bridgehead atoms. The van der Waals surface area contributed by atoms with Crippen LogP contribution in [0.1, 0.15) is 57.0 Å². The van der Waals surface area contributed by atoms with E-state index in [0.717, 1.165) is 12.8 Å². The van der Waals surface area contributed by atoms with Crippen LogP contribution in [0.15, 0.2) is 22.8 Å². The van der Waals surface area contributed by atoms with Gasteiger partial charge in [-0.15, -0.1) is 0 Å². The molecule has 2 aliphatic heterocycles. The van der Waals surface area contributed by atoms with Gasteiger partial charge in [0.15, 0.2) is 5.76 Å². The van der Waals surface area contributed by atoms with Gasteiger partial charge in [-0.2, -0.15) is 0 Å². The molecule has 0 unspecified atom stereocenters. The highest BCUT2D eigenvalue weighted by molar-refractivity contribution is 5.91. The van der Waals surface area contributed by atoms with Crippen LogP contribution in [-0.4, -0.2) is 59.7 Å². The quantitative estimate of drug-likeness (QED) is 0.860. The van der Waals surface area contributed by atoms with Gasteiger partial charge in [0.2, 0.25) is 11.8 Å². The van der Waals surface area contributed by atoms with Crippen LogP contribution < -0.4 is 5.32 Å². The third-order valence-electron chi connectivity index (χ3n) is 5.66. The van der Waals surface area contributed by atoms with Gasteiger partial charge in [-0.1, -0.05) is 20.8 Å². The molecule has 3 rings (SSSR count). The summed E-state index contributed by atoms with van der Waals surface area (Å²) < 4.78 is 5.18. The van der Waals surface area contributed by atoms with E-state index in [2.05, 4.69) is 5.32 Å². The van der Waals surface area contributed by atoms with Crippen molar-refractivity contribution in [2.75, 3.05) is 26.2 Å². The molecule has 0 aliphatic carbocycles. The van der Waals surface area contributed by atoms with Crippen molar-refractivity contribution >= 4 is 17.7 Å². The molecular formula is C21H31N3O4. The molecule has 154 valence electrons. The predicted molar refractivity (Wildman–Crippen MR) is 105 cm³/mol. The lowest BCUT2D eigenvalue weighted by Crippen LogP contribution is -2.50. The fourth-order valence-corrected chi connectivity index (χ4v) is 3.92. The van der Waals surface area contributed by atoms with Crippen molar-refractivity contribution in [1.82, 2.24) is 15.1 Å². The van der Waals surface area contributed by atoms with Gasteiger partial charge in [0.1, 0.15) is 0 Å². The van der Waals surface area contributed by atoms with E-state index >= 15 is 0 Å². The molecule has 2 fully saturated rings. The molecule has 1 aromatic rings. The van der Waals surface area contributed by atoms with Crippen molar-refractivity contribution in [3.8, 4) is 0 Å². The summed E-state index contributed by atoms with van der Waals surface area (Å²) in [7, 11) is 0. The molecule has 0 radical (unpaired) electrons. The molecule has 1 N–H and O–H groups in total. The van der Waals surface area contributed by atoms with Crippen LogP contribution in [-0.2, 0) is 9.59 Å². The van der Waals surface area contributed by atoms with Crippen molar-refractivity contribution in [3.05, 3.63) is 24.2 Å². The largest absolute Gasteiger partial charge is 0.459 e. The summed E-state index contributed by atoms with van der Waals surface area (Å²) in [5.41, 5.74) is -0.379. The minimum Gasteiger partial charge on any atom is -0.459 e. The first-order chi connectivity index (χ1) is 13.3. The smallest absolute Gasteiger partial charge is 0.289 e. The maximum atomic E-state index is 12.6. The highest BCUT2D eigenvalue weighted by Crippen LogP contribution is 2.24. The number of amides is 3. The molecule has 0 spiro atoms. The molecule has 1 aromatic heterocycles. The zero-order chi connectivity index (χ0) is 20.3. The third kappa shape index (κ3) is 4.75. The number of rotatable bonds is 3. The Morgan fingerprint density at radius 3 is 2.14 bits per heavy atom. The van der Waals surface area contributed by atoms with E-state index in [-0.39, 0.29) is 35.1 Å². The summed E-state index contributed by atoms with van der Waals surface area (Å²) in [6.07, 6.45) is 4.42. The van der Waals surface area contributed by atoms with Crippen LogP contribution in [0.4, 0.5) is 0 Å². The zero-order valence-corrected chi connectivity index (χ0v) is 17.1. The lowest BCUT2D eigenvalue weighted by molar-refractivity contribution is -0.142. The lowest BCUT2D eigenvalue weighted by atomic mass is 9.90. The Labute approximate surface area is 166 Å². The number of furan rings is 1. The first kappa shape index (κ1) is 20.4. The summed E-state index contributed by atoms with van der Waals surface area (Å²) in [6.45, 7) is 8.30. The van der Waals surface area contributed by atoms with Crippen molar-refractivity contribution in [3.63, 3.8) is 0 Å². The van der Waals surface area contributed by atoms with Gasteiger partial charge in [0, 0.05) is 43.6 Å². The second kappa shape index (κ2) is 8.37.